The number of hydrogen-bond donors (Lipinski definition) is 3. The van der Waals surface area contributed by atoms with Crippen molar-refractivity contribution in [2.45, 2.75) is 39.5 Å². The summed E-state index contributed by atoms with van der Waals surface area (Å²) in [6.07, 6.45) is 4.45. The van der Waals surface area contributed by atoms with Crippen LogP contribution in [0.25, 0.3) is 10.9 Å². The molecule has 0 unspecified atom stereocenters. The summed E-state index contributed by atoms with van der Waals surface area (Å²) in [6, 6.07) is 17.2. The van der Waals surface area contributed by atoms with Crippen molar-refractivity contribution < 1.29 is 19.6 Å². The third-order valence-electron chi connectivity index (χ3n) is 6.49. The van der Waals surface area contributed by atoms with Gasteiger partial charge in [-0.2, -0.15) is 0 Å². The van der Waals surface area contributed by atoms with Crippen LogP contribution in [0.5, 0.6) is 0 Å². The Balaban J connectivity index is 1.95. The zero-order chi connectivity index (χ0) is 25.4. The van der Waals surface area contributed by atoms with Gasteiger partial charge in [0.15, 0.2) is 5.78 Å². The van der Waals surface area contributed by atoms with Crippen LogP contribution in [0, 0.1) is 23.7 Å². The Morgan fingerprint density at radius 2 is 1.71 bits per heavy atom. The molecule has 0 aliphatic carbocycles. The van der Waals surface area contributed by atoms with E-state index in [1.165, 1.54) is 0 Å². The molecule has 6 nitrogen and oxygen atoms in total. The first-order valence-corrected chi connectivity index (χ1v) is 12.1. The number of H-pyrrole nitrogens is 1. The summed E-state index contributed by atoms with van der Waals surface area (Å²) in [7, 11) is 0. The molecule has 184 valence electrons. The molecule has 0 aliphatic heterocycles. The van der Waals surface area contributed by atoms with Crippen LogP contribution in [0.3, 0.4) is 0 Å². The lowest BCUT2D eigenvalue weighted by Crippen LogP contribution is -2.38. The molecule has 3 atom stereocenters. The second-order valence-electron chi connectivity index (χ2n) is 9.51. The van der Waals surface area contributed by atoms with E-state index in [2.05, 4.69) is 11.6 Å². The van der Waals surface area contributed by atoms with Crippen molar-refractivity contribution in [3.8, 4) is 0 Å². The minimum Gasteiger partial charge on any atom is -0.360 e. The Hall–Kier alpha value is -3.51. The molecule has 0 bridgehead atoms. The van der Waals surface area contributed by atoms with Gasteiger partial charge in [-0.1, -0.05) is 68.5 Å². The minimum atomic E-state index is -0.743. The minimum absolute atomic E-state index is 0.0109. The number of fused-ring (bicyclic) bond motifs is 1. The first kappa shape index (κ1) is 26.1. The summed E-state index contributed by atoms with van der Waals surface area (Å²) in [5.41, 5.74) is 4.10. The van der Waals surface area contributed by atoms with Crippen molar-refractivity contribution >= 4 is 28.4 Å². The van der Waals surface area contributed by atoms with E-state index in [1.54, 1.807) is 17.8 Å². The molecule has 0 fully saturated rings. The van der Waals surface area contributed by atoms with E-state index < -0.39 is 23.7 Å². The lowest BCUT2D eigenvalue weighted by atomic mass is 9.76. The second-order valence-corrected chi connectivity index (χ2v) is 9.51. The molecule has 1 amide bonds. The number of ketones is 2. The molecule has 6 heteroatoms. The number of amides is 1. The zero-order valence-corrected chi connectivity index (χ0v) is 20.4. The Labute approximate surface area is 206 Å². The topological polar surface area (TPSA) is 99.3 Å². The van der Waals surface area contributed by atoms with Crippen LogP contribution in [-0.4, -0.2) is 27.7 Å². The number of hydrogen-bond acceptors (Lipinski definition) is 4. The molecule has 2 aromatic carbocycles. The van der Waals surface area contributed by atoms with Gasteiger partial charge in [0, 0.05) is 40.9 Å². The maximum Gasteiger partial charge on any atom is 0.247 e. The van der Waals surface area contributed by atoms with Crippen LogP contribution in [0.4, 0.5) is 0 Å². The largest absolute Gasteiger partial charge is 0.360 e. The summed E-state index contributed by atoms with van der Waals surface area (Å²) in [6.45, 7) is 7.69. The van der Waals surface area contributed by atoms with E-state index in [9.17, 15) is 19.6 Å². The van der Waals surface area contributed by atoms with Gasteiger partial charge in [0.1, 0.15) is 5.78 Å². The van der Waals surface area contributed by atoms with Gasteiger partial charge >= 0.3 is 0 Å². The highest BCUT2D eigenvalue weighted by molar-refractivity contribution is 6.10. The van der Waals surface area contributed by atoms with Crippen molar-refractivity contribution in [3.05, 3.63) is 84.6 Å². The lowest BCUT2D eigenvalue weighted by molar-refractivity contribution is -0.140. The Kier molecular flexibility index (Phi) is 9.15. The fourth-order valence-corrected chi connectivity index (χ4v) is 4.79. The molecule has 3 aromatic rings. The van der Waals surface area contributed by atoms with Crippen molar-refractivity contribution in [3.63, 3.8) is 0 Å². The van der Waals surface area contributed by atoms with Gasteiger partial charge in [-0.05, 0) is 36.8 Å². The highest BCUT2D eigenvalue weighted by Crippen LogP contribution is 2.30. The summed E-state index contributed by atoms with van der Waals surface area (Å²) >= 11 is 0. The number of hydroxylamine groups is 1. The molecule has 35 heavy (non-hydrogen) atoms. The van der Waals surface area contributed by atoms with Crippen molar-refractivity contribution in [2.75, 3.05) is 0 Å². The molecule has 1 heterocycles. The van der Waals surface area contributed by atoms with Gasteiger partial charge in [-0.25, -0.2) is 5.48 Å². The van der Waals surface area contributed by atoms with Crippen LogP contribution in [0.1, 0.15) is 49.0 Å². The molecule has 0 spiro atoms. The summed E-state index contributed by atoms with van der Waals surface area (Å²) in [5, 5.41) is 10.1. The number of rotatable bonds is 13. The molecule has 0 saturated heterocycles. The van der Waals surface area contributed by atoms with Crippen LogP contribution < -0.4 is 5.48 Å². The van der Waals surface area contributed by atoms with Crippen molar-refractivity contribution in [2.24, 2.45) is 23.7 Å². The third kappa shape index (κ3) is 6.55. The zero-order valence-electron chi connectivity index (χ0n) is 20.4. The smallest absolute Gasteiger partial charge is 0.247 e. The number of aromatic nitrogens is 1. The number of aromatic amines is 1. The summed E-state index contributed by atoms with van der Waals surface area (Å²) < 4.78 is 0. The Morgan fingerprint density at radius 1 is 1.03 bits per heavy atom. The third-order valence-corrected chi connectivity index (χ3v) is 6.49. The van der Waals surface area contributed by atoms with E-state index in [0.717, 1.165) is 16.5 Å². The fraction of sp³-hybridized carbons (Fsp3) is 0.345. The number of carbonyl (C=O) groups is 3. The lowest BCUT2D eigenvalue weighted by Gasteiger charge is -2.27. The molecular formula is C29H34N2O4. The van der Waals surface area contributed by atoms with Gasteiger partial charge in [0.05, 0.1) is 5.92 Å². The fourth-order valence-electron chi connectivity index (χ4n) is 4.79. The Bertz CT molecular complexity index is 1170. The Morgan fingerprint density at radius 3 is 2.37 bits per heavy atom. The number of benzene rings is 2. The molecule has 1 aromatic heterocycles. The number of para-hydroxylation sites is 1. The standard InChI is InChI=1S/C29H34N2O4/c1-4-10-23(29(34)31-35)24(15-19(2)3)27(32)17-21(16-20-11-6-5-7-12-20)28(33)25-18-30-26-14-9-8-13-22(25)26/h4-9,11-14,18-19,21,23-24,30,35H,1,10,15-17H2,2-3H3,(H,31,34)/t21-,23+,24-/m1/s1. The van der Waals surface area contributed by atoms with Gasteiger partial charge in [-0.15, -0.1) is 6.58 Å². The molecule has 3 rings (SSSR count). The van der Waals surface area contributed by atoms with E-state index >= 15 is 0 Å². The SMILES string of the molecule is C=CC[C@H](C(=O)NO)[C@@H](CC(C)C)C(=O)C[C@@H](Cc1ccccc1)C(=O)c1c[nH]c2ccccc12. The number of allylic oxidation sites excluding steroid dienone is 1. The number of Topliss-reactive ketones (excluding diaryl/α,β-unsaturated/α-hetero) is 2. The van der Waals surface area contributed by atoms with Gasteiger partial charge in [-0.3, -0.25) is 19.6 Å². The van der Waals surface area contributed by atoms with E-state index in [0.29, 0.717) is 18.4 Å². The molecule has 3 N–H and O–H groups in total. The molecular weight excluding hydrogens is 440 g/mol. The van der Waals surface area contributed by atoms with Gasteiger partial charge < -0.3 is 4.98 Å². The van der Waals surface area contributed by atoms with Crippen LogP contribution in [0.15, 0.2) is 73.4 Å². The maximum atomic E-state index is 13.8. The highest BCUT2D eigenvalue weighted by atomic mass is 16.5. The summed E-state index contributed by atoms with van der Waals surface area (Å²) in [5.74, 6) is -2.66. The maximum absolute atomic E-state index is 13.8. The second kappa shape index (κ2) is 12.3. The number of nitrogens with one attached hydrogen (secondary N) is 2. The predicted octanol–water partition coefficient (Wildman–Crippen LogP) is 5.53. The predicted molar refractivity (Wildman–Crippen MR) is 137 cm³/mol. The molecule has 0 radical (unpaired) electrons. The number of carbonyl (C=O) groups excluding carboxylic acids is 3. The monoisotopic (exact) mass is 474 g/mol. The average Bonchev–Trinajstić information content (AvgIpc) is 3.29. The normalized spacial score (nSPS) is 13.8. The van der Waals surface area contributed by atoms with Crippen LogP contribution in [0.2, 0.25) is 0 Å². The van der Waals surface area contributed by atoms with Gasteiger partial charge in [0.2, 0.25) is 5.91 Å². The van der Waals surface area contributed by atoms with Gasteiger partial charge in [0.25, 0.3) is 0 Å². The van der Waals surface area contributed by atoms with Crippen LogP contribution in [-0.2, 0) is 16.0 Å². The van der Waals surface area contributed by atoms with Crippen molar-refractivity contribution in [1.82, 2.24) is 10.5 Å². The van der Waals surface area contributed by atoms with E-state index in [-0.39, 0.29) is 30.3 Å². The first-order chi connectivity index (χ1) is 16.8. The van der Waals surface area contributed by atoms with E-state index in [4.69, 9.17) is 0 Å². The van der Waals surface area contributed by atoms with E-state index in [1.807, 2.05) is 68.4 Å². The molecule has 0 saturated carbocycles. The molecule has 0 aliphatic rings. The quantitative estimate of drug-likeness (QED) is 0.131. The van der Waals surface area contributed by atoms with Crippen molar-refractivity contribution in [1.29, 1.82) is 0 Å². The summed E-state index contributed by atoms with van der Waals surface area (Å²) in [4.78, 5) is 43.1. The van der Waals surface area contributed by atoms with Crippen LogP contribution >= 0.6 is 0 Å². The average molecular weight is 475 g/mol. The first-order valence-electron chi connectivity index (χ1n) is 12.1. The highest BCUT2D eigenvalue weighted by Gasteiger charge is 2.36.